The van der Waals surface area contributed by atoms with Crippen molar-refractivity contribution in [1.82, 2.24) is 10.2 Å². The van der Waals surface area contributed by atoms with Crippen molar-refractivity contribution in [2.75, 3.05) is 39.4 Å². The molecular weight excluding hydrogens is 280 g/mol. The van der Waals surface area contributed by atoms with E-state index in [4.69, 9.17) is 4.74 Å². The van der Waals surface area contributed by atoms with E-state index in [9.17, 15) is 0 Å². The Bertz CT molecular complexity index is 311. The number of likely N-dealkylation sites (tertiary alicyclic amines) is 1. The second-order valence-corrected chi connectivity index (χ2v) is 6.32. The molecule has 2 atom stereocenters. The highest BCUT2D eigenvalue weighted by atomic mass is 79.9. The van der Waals surface area contributed by atoms with Gasteiger partial charge in [0.15, 0.2) is 0 Å². The highest BCUT2D eigenvalue weighted by Crippen LogP contribution is 2.30. The van der Waals surface area contributed by atoms with Crippen LogP contribution in [-0.2, 0) is 4.74 Å². The zero-order valence-corrected chi connectivity index (χ0v) is 11.8. The summed E-state index contributed by atoms with van der Waals surface area (Å²) in [6, 6.07) is 0.781. The van der Waals surface area contributed by atoms with Crippen LogP contribution in [0.2, 0.25) is 0 Å². The maximum atomic E-state index is 5.41. The quantitative estimate of drug-likeness (QED) is 0.841. The second kappa shape index (κ2) is 5.39. The van der Waals surface area contributed by atoms with Crippen molar-refractivity contribution >= 4 is 15.9 Å². The summed E-state index contributed by atoms with van der Waals surface area (Å²) in [7, 11) is 0. The molecule has 0 saturated carbocycles. The number of halogens is 1. The molecule has 0 aromatic rings. The molecule has 0 unspecified atom stereocenters. The van der Waals surface area contributed by atoms with Gasteiger partial charge in [0.25, 0.3) is 0 Å². The summed E-state index contributed by atoms with van der Waals surface area (Å²) in [5.74, 6) is 0.898. The minimum absolute atomic E-state index is 0.781. The van der Waals surface area contributed by atoms with Crippen LogP contribution in [0.3, 0.4) is 0 Å². The van der Waals surface area contributed by atoms with E-state index in [0.29, 0.717) is 0 Å². The fourth-order valence-corrected chi connectivity index (χ4v) is 4.03. The largest absolute Gasteiger partial charge is 0.381 e. The molecule has 4 heteroatoms. The molecule has 3 heterocycles. The molecule has 1 N–H and O–H groups in total. The van der Waals surface area contributed by atoms with E-state index in [1.165, 1.54) is 30.5 Å². The van der Waals surface area contributed by atoms with Gasteiger partial charge in [0.2, 0.25) is 0 Å². The first-order valence-corrected chi connectivity index (χ1v) is 7.53. The van der Waals surface area contributed by atoms with E-state index in [1.807, 2.05) is 0 Å². The van der Waals surface area contributed by atoms with Gasteiger partial charge in [-0.2, -0.15) is 0 Å². The molecule has 3 aliphatic rings. The summed E-state index contributed by atoms with van der Waals surface area (Å²) >= 11 is 3.81. The molecule has 3 rings (SSSR count). The van der Waals surface area contributed by atoms with Gasteiger partial charge in [-0.1, -0.05) is 21.5 Å². The Morgan fingerprint density at radius 3 is 3.00 bits per heavy atom. The van der Waals surface area contributed by atoms with E-state index < -0.39 is 0 Å². The molecule has 3 fully saturated rings. The summed E-state index contributed by atoms with van der Waals surface area (Å²) in [4.78, 5) is 2.65. The minimum Gasteiger partial charge on any atom is -0.381 e. The van der Waals surface area contributed by atoms with Crippen LogP contribution in [0.25, 0.3) is 0 Å². The summed E-state index contributed by atoms with van der Waals surface area (Å²) in [6.07, 6.45) is 3.60. The molecule has 17 heavy (non-hydrogen) atoms. The van der Waals surface area contributed by atoms with Crippen molar-refractivity contribution in [3.05, 3.63) is 10.1 Å². The number of fused-ring (bicyclic) bond motifs is 1. The monoisotopic (exact) mass is 300 g/mol. The highest BCUT2D eigenvalue weighted by molar-refractivity contribution is 9.11. The average Bonchev–Trinajstić information content (AvgIpc) is 2.95. The third-order valence-electron chi connectivity index (χ3n) is 4.38. The van der Waals surface area contributed by atoms with Gasteiger partial charge >= 0.3 is 0 Å². The van der Waals surface area contributed by atoms with Gasteiger partial charge in [0.1, 0.15) is 0 Å². The van der Waals surface area contributed by atoms with Crippen molar-refractivity contribution < 1.29 is 4.74 Å². The van der Waals surface area contributed by atoms with E-state index in [1.54, 1.807) is 5.57 Å². The lowest BCUT2D eigenvalue weighted by atomic mass is 10.0. The van der Waals surface area contributed by atoms with Crippen LogP contribution < -0.4 is 5.32 Å². The van der Waals surface area contributed by atoms with Gasteiger partial charge < -0.3 is 10.1 Å². The summed E-state index contributed by atoms with van der Waals surface area (Å²) in [5.41, 5.74) is 1.57. The molecule has 0 bridgehead atoms. The zero-order chi connectivity index (χ0) is 11.7. The van der Waals surface area contributed by atoms with Gasteiger partial charge in [-0.05, 0) is 38.3 Å². The Hall–Kier alpha value is 0.100. The Morgan fingerprint density at radius 1 is 1.35 bits per heavy atom. The average molecular weight is 301 g/mol. The molecule has 0 aromatic carbocycles. The first-order chi connectivity index (χ1) is 8.34. The fraction of sp³-hybridized carbons (Fsp3) is 0.846. The Labute approximate surface area is 112 Å². The topological polar surface area (TPSA) is 24.5 Å². The number of nitrogens with zero attached hydrogens (tertiary/aromatic N) is 1. The van der Waals surface area contributed by atoms with Gasteiger partial charge in [-0.25, -0.2) is 0 Å². The van der Waals surface area contributed by atoms with Gasteiger partial charge in [0, 0.05) is 23.6 Å². The van der Waals surface area contributed by atoms with Crippen LogP contribution in [0.15, 0.2) is 10.1 Å². The summed E-state index contributed by atoms with van der Waals surface area (Å²) in [6.45, 7) is 6.59. The molecule has 0 spiro atoms. The Kier molecular flexibility index (Phi) is 3.85. The van der Waals surface area contributed by atoms with Crippen molar-refractivity contribution in [1.29, 1.82) is 0 Å². The number of nitrogens with one attached hydrogen (secondary N) is 1. The van der Waals surface area contributed by atoms with Crippen LogP contribution in [0.4, 0.5) is 0 Å². The SMILES string of the molecule is BrC(CN1CC[C@@H]2CNC[C@@H]21)=C1CCOCC1. The maximum absolute atomic E-state index is 5.41. The molecule has 0 amide bonds. The molecule has 96 valence electrons. The van der Waals surface area contributed by atoms with Crippen LogP contribution in [0, 0.1) is 5.92 Å². The van der Waals surface area contributed by atoms with E-state index >= 15 is 0 Å². The smallest absolute Gasteiger partial charge is 0.0503 e. The first-order valence-electron chi connectivity index (χ1n) is 6.73. The number of ether oxygens (including phenoxy) is 1. The van der Waals surface area contributed by atoms with Crippen LogP contribution >= 0.6 is 15.9 Å². The van der Waals surface area contributed by atoms with Crippen LogP contribution in [-0.4, -0.2) is 50.3 Å². The summed E-state index contributed by atoms with van der Waals surface area (Å²) in [5, 5.41) is 3.51. The lowest BCUT2D eigenvalue weighted by Gasteiger charge is -2.25. The van der Waals surface area contributed by atoms with Crippen molar-refractivity contribution in [3.63, 3.8) is 0 Å². The number of hydrogen-bond acceptors (Lipinski definition) is 3. The Morgan fingerprint density at radius 2 is 2.18 bits per heavy atom. The van der Waals surface area contributed by atoms with Gasteiger partial charge in [-0.3, -0.25) is 4.90 Å². The van der Waals surface area contributed by atoms with E-state index in [0.717, 1.165) is 44.6 Å². The first kappa shape index (κ1) is 12.2. The van der Waals surface area contributed by atoms with Crippen LogP contribution in [0.5, 0.6) is 0 Å². The molecule has 0 radical (unpaired) electrons. The second-order valence-electron chi connectivity index (χ2n) is 5.37. The number of rotatable bonds is 2. The molecule has 0 aliphatic carbocycles. The predicted molar refractivity (Wildman–Crippen MR) is 72.3 cm³/mol. The van der Waals surface area contributed by atoms with Crippen molar-refractivity contribution in [3.8, 4) is 0 Å². The molecular formula is C13H21BrN2O. The predicted octanol–water partition coefficient (Wildman–Crippen LogP) is 1.74. The Balaban J connectivity index is 1.62. The van der Waals surface area contributed by atoms with Crippen molar-refractivity contribution in [2.24, 2.45) is 5.92 Å². The maximum Gasteiger partial charge on any atom is 0.0503 e. The van der Waals surface area contributed by atoms with Gasteiger partial charge in [-0.15, -0.1) is 0 Å². The molecule has 3 saturated heterocycles. The lowest BCUT2D eigenvalue weighted by Crippen LogP contribution is -2.35. The lowest BCUT2D eigenvalue weighted by molar-refractivity contribution is 0.118. The van der Waals surface area contributed by atoms with E-state index in [-0.39, 0.29) is 0 Å². The van der Waals surface area contributed by atoms with Gasteiger partial charge in [0.05, 0.1) is 13.2 Å². The third kappa shape index (κ3) is 2.60. The van der Waals surface area contributed by atoms with E-state index in [2.05, 4.69) is 26.1 Å². The normalized spacial score (nSPS) is 34.1. The standard InChI is InChI=1S/C13H21BrN2O/c14-12(10-2-5-17-6-3-10)9-16-4-1-11-7-15-8-13(11)16/h11,13,15H,1-9H2/t11-,13+/m1/s1. The molecule has 3 nitrogen and oxygen atoms in total. The minimum atomic E-state index is 0.781. The number of hydrogen-bond donors (Lipinski definition) is 1. The third-order valence-corrected chi connectivity index (χ3v) is 5.19. The fourth-order valence-electron chi connectivity index (χ4n) is 3.31. The van der Waals surface area contributed by atoms with Crippen molar-refractivity contribution in [2.45, 2.75) is 25.3 Å². The summed E-state index contributed by atoms with van der Waals surface area (Å²) < 4.78 is 6.83. The molecule has 0 aromatic heterocycles. The highest BCUT2D eigenvalue weighted by Gasteiger charge is 2.37. The van der Waals surface area contributed by atoms with Crippen LogP contribution in [0.1, 0.15) is 19.3 Å². The zero-order valence-electron chi connectivity index (χ0n) is 10.3. The molecule has 3 aliphatic heterocycles.